The van der Waals surface area contributed by atoms with E-state index < -0.39 is 6.04 Å². The van der Waals surface area contributed by atoms with Gasteiger partial charge in [0.2, 0.25) is 5.91 Å². The van der Waals surface area contributed by atoms with E-state index in [1.54, 1.807) is 11.9 Å². The highest BCUT2D eigenvalue weighted by molar-refractivity contribution is 9.10. The van der Waals surface area contributed by atoms with E-state index in [-0.39, 0.29) is 18.4 Å². The van der Waals surface area contributed by atoms with Crippen LogP contribution < -0.4 is 10.1 Å². The molecule has 0 saturated carbocycles. The van der Waals surface area contributed by atoms with E-state index in [1.807, 2.05) is 73.7 Å². The van der Waals surface area contributed by atoms with Crippen molar-refractivity contribution in [3.05, 3.63) is 76.8 Å². The van der Waals surface area contributed by atoms with Gasteiger partial charge < -0.3 is 15.0 Å². The van der Waals surface area contributed by atoms with Gasteiger partial charge in [0.25, 0.3) is 5.91 Å². The molecule has 0 spiro atoms. The van der Waals surface area contributed by atoms with Crippen molar-refractivity contribution in [1.29, 1.82) is 0 Å². The maximum atomic E-state index is 13.1. The van der Waals surface area contributed by atoms with Crippen LogP contribution >= 0.6 is 15.9 Å². The van der Waals surface area contributed by atoms with Gasteiger partial charge in [-0.3, -0.25) is 9.59 Å². The van der Waals surface area contributed by atoms with Crippen molar-refractivity contribution < 1.29 is 14.3 Å². The fourth-order valence-corrected chi connectivity index (χ4v) is 4.22. The minimum Gasteiger partial charge on any atom is -0.483 e. The molecule has 3 rings (SSSR count). The number of hydrogen-bond acceptors (Lipinski definition) is 3. The van der Waals surface area contributed by atoms with Crippen LogP contribution in [0, 0.1) is 0 Å². The second kappa shape index (κ2) is 11.0. The van der Waals surface area contributed by atoms with Crippen LogP contribution in [0.25, 0.3) is 10.8 Å². The molecular weight excluding hydrogens is 456 g/mol. The smallest absolute Gasteiger partial charge is 0.261 e. The molecule has 0 radical (unpaired) electrons. The quantitative estimate of drug-likeness (QED) is 0.485. The topological polar surface area (TPSA) is 58.6 Å². The van der Waals surface area contributed by atoms with E-state index in [9.17, 15) is 9.59 Å². The summed E-state index contributed by atoms with van der Waals surface area (Å²) in [5, 5.41) is 4.78. The molecule has 3 aromatic carbocycles. The summed E-state index contributed by atoms with van der Waals surface area (Å²) in [7, 11) is 1.59. The number of fused-ring (bicyclic) bond motifs is 1. The van der Waals surface area contributed by atoms with Crippen LogP contribution in [0.2, 0.25) is 0 Å². The Balaban J connectivity index is 1.75. The van der Waals surface area contributed by atoms with Crippen molar-refractivity contribution in [3.8, 4) is 5.75 Å². The van der Waals surface area contributed by atoms with Gasteiger partial charge in [0, 0.05) is 13.6 Å². The van der Waals surface area contributed by atoms with Crippen molar-refractivity contribution in [2.45, 2.75) is 25.8 Å². The predicted octanol–water partition coefficient (Wildman–Crippen LogP) is 4.58. The molecule has 0 fully saturated rings. The maximum Gasteiger partial charge on any atom is 0.261 e. The lowest BCUT2D eigenvalue weighted by molar-refractivity contribution is -0.142. The Morgan fingerprint density at radius 2 is 1.74 bits per heavy atom. The summed E-state index contributed by atoms with van der Waals surface area (Å²) in [4.78, 5) is 27.2. The molecule has 3 aromatic rings. The van der Waals surface area contributed by atoms with Crippen LogP contribution in [0.5, 0.6) is 5.75 Å². The number of amides is 2. The van der Waals surface area contributed by atoms with E-state index in [4.69, 9.17) is 4.74 Å². The van der Waals surface area contributed by atoms with Gasteiger partial charge in [-0.2, -0.15) is 0 Å². The molecule has 0 heterocycles. The van der Waals surface area contributed by atoms with E-state index in [2.05, 4.69) is 21.2 Å². The zero-order valence-electron chi connectivity index (χ0n) is 17.8. The lowest BCUT2D eigenvalue weighted by Gasteiger charge is -2.30. The highest BCUT2D eigenvalue weighted by Gasteiger charge is 2.28. The Hall–Kier alpha value is -2.86. The number of ether oxygens (including phenoxy) is 1. The average Bonchev–Trinajstić information content (AvgIpc) is 2.81. The Morgan fingerprint density at radius 1 is 1.03 bits per heavy atom. The molecule has 1 atom stereocenters. The summed E-state index contributed by atoms with van der Waals surface area (Å²) in [5.74, 6) is 0.213. The van der Waals surface area contributed by atoms with Gasteiger partial charge in [-0.25, -0.2) is 0 Å². The third-order valence-corrected chi connectivity index (χ3v) is 6.11. The first-order valence-corrected chi connectivity index (χ1v) is 11.2. The summed E-state index contributed by atoms with van der Waals surface area (Å²) < 4.78 is 6.69. The van der Waals surface area contributed by atoms with E-state index in [0.717, 1.165) is 20.8 Å². The molecule has 31 heavy (non-hydrogen) atoms. The second-order valence-electron chi connectivity index (χ2n) is 7.25. The minimum atomic E-state index is -0.537. The van der Waals surface area contributed by atoms with Crippen LogP contribution in [0.4, 0.5) is 0 Å². The van der Waals surface area contributed by atoms with Crippen molar-refractivity contribution in [1.82, 2.24) is 10.2 Å². The van der Waals surface area contributed by atoms with Gasteiger partial charge >= 0.3 is 0 Å². The highest BCUT2D eigenvalue weighted by atomic mass is 79.9. The largest absolute Gasteiger partial charge is 0.483 e. The summed E-state index contributed by atoms with van der Waals surface area (Å²) in [5.41, 5.74) is 1.12. The number of benzene rings is 3. The molecule has 1 N–H and O–H groups in total. The number of hydrogen-bond donors (Lipinski definition) is 1. The second-order valence-corrected chi connectivity index (χ2v) is 8.04. The first kappa shape index (κ1) is 22.8. The third-order valence-electron chi connectivity index (χ3n) is 5.30. The molecule has 1 unspecified atom stereocenters. The van der Waals surface area contributed by atoms with Gasteiger partial charge in [-0.15, -0.1) is 0 Å². The number of likely N-dealkylation sites (N-methyl/N-ethyl adjacent to an activating group) is 1. The lowest BCUT2D eigenvalue weighted by atomic mass is 10.1. The molecular formula is C25H27BrN2O3. The fraction of sp³-hybridized carbons (Fsp3) is 0.280. The van der Waals surface area contributed by atoms with Gasteiger partial charge in [-0.1, -0.05) is 67.6 Å². The van der Waals surface area contributed by atoms with Gasteiger partial charge in [0.05, 0.1) is 4.47 Å². The predicted molar refractivity (Wildman–Crippen MR) is 127 cm³/mol. The number of carbonyl (C=O) groups excluding carboxylic acids is 2. The number of halogens is 1. The molecule has 6 heteroatoms. The average molecular weight is 483 g/mol. The fourth-order valence-electron chi connectivity index (χ4n) is 3.61. The summed E-state index contributed by atoms with van der Waals surface area (Å²) in [6.45, 7) is 2.21. The summed E-state index contributed by atoms with van der Waals surface area (Å²) in [6, 6.07) is 21.2. The van der Waals surface area contributed by atoms with Crippen molar-refractivity contribution in [2.75, 3.05) is 20.2 Å². The summed E-state index contributed by atoms with van der Waals surface area (Å²) in [6.07, 6.45) is 1.19. The Kier molecular flexibility index (Phi) is 8.06. The molecule has 0 aliphatic carbocycles. The summed E-state index contributed by atoms with van der Waals surface area (Å²) >= 11 is 3.59. The van der Waals surface area contributed by atoms with Crippen LogP contribution in [0.15, 0.2) is 71.2 Å². The van der Waals surface area contributed by atoms with Crippen molar-refractivity contribution >= 4 is 38.5 Å². The maximum absolute atomic E-state index is 13.1. The van der Waals surface area contributed by atoms with Crippen molar-refractivity contribution in [2.24, 2.45) is 0 Å². The van der Waals surface area contributed by atoms with Crippen molar-refractivity contribution in [3.63, 3.8) is 0 Å². The minimum absolute atomic E-state index is 0.140. The standard InChI is InChI=1S/C25H27BrN2O3/c1-3-21(25(30)27-2)28(16-15-18-9-5-4-6-10-18)23(29)17-31-22-14-13-19-11-7-8-12-20(19)24(22)26/h4-14,21H,3,15-17H2,1-2H3,(H,27,30). The molecule has 0 aliphatic heterocycles. The van der Waals surface area contributed by atoms with Crippen LogP contribution in [-0.4, -0.2) is 43.0 Å². The first-order chi connectivity index (χ1) is 15.0. The molecule has 2 amide bonds. The Labute approximate surface area is 191 Å². The number of rotatable bonds is 9. The molecule has 0 saturated heterocycles. The highest BCUT2D eigenvalue weighted by Crippen LogP contribution is 2.33. The van der Waals surface area contributed by atoms with Crippen LogP contribution in [0.3, 0.4) is 0 Å². The van der Waals surface area contributed by atoms with Gasteiger partial charge in [-0.05, 0) is 51.2 Å². The Morgan fingerprint density at radius 3 is 2.45 bits per heavy atom. The lowest BCUT2D eigenvalue weighted by Crippen LogP contribution is -2.50. The van der Waals surface area contributed by atoms with Gasteiger partial charge in [0.15, 0.2) is 6.61 Å². The van der Waals surface area contributed by atoms with Crippen LogP contribution in [-0.2, 0) is 16.0 Å². The molecule has 162 valence electrons. The number of nitrogens with zero attached hydrogens (tertiary/aromatic N) is 1. The number of carbonyl (C=O) groups is 2. The van der Waals surface area contributed by atoms with E-state index in [1.165, 1.54) is 0 Å². The Bertz CT molecular complexity index is 1040. The van der Waals surface area contributed by atoms with Crippen LogP contribution in [0.1, 0.15) is 18.9 Å². The zero-order valence-corrected chi connectivity index (χ0v) is 19.4. The normalized spacial score (nSPS) is 11.7. The SMILES string of the molecule is CCC(C(=O)NC)N(CCc1ccccc1)C(=O)COc1ccc2ccccc2c1Br. The molecule has 0 aromatic heterocycles. The first-order valence-electron chi connectivity index (χ1n) is 10.4. The van der Waals surface area contributed by atoms with E-state index >= 15 is 0 Å². The zero-order chi connectivity index (χ0) is 22.2. The molecule has 0 bridgehead atoms. The monoisotopic (exact) mass is 482 g/mol. The molecule has 5 nitrogen and oxygen atoms in total. The number of nitrogens with one attached hydrogen (secondary N) is 1. The van der Waals surface area contributed by atoms with E-state index in [0.29, 0.717) is 25.1 Å². The third kappa shape index (κ3) is 5.64. The van der Waals surface area contributed by atoms with Gasteiger partial charge in [0.1, 0.15) is 11.8 Å². The molecule has 0 aliphatic rings.